The number of benzene rings is 3. The van der Waals surface area contributed by atoms with Crippen molar-refractivity contribution in [1.29, 1.82) is 0 Å². The van der Waals surface area contributed by atoms with Crippen LogP contribution in [0.3, 0.4) is 0 Å². The van der Waals surface area contributed by atoms with Gasteiger partial charge < -0.3 is 10.1 Å². The summed E-state index contributed by atoms with van der Waals surface area (Å²) in [7, 11) is 0. The van der Waals surface area contributed by atoms with Gasteiger partial charge >= 0.3 is 0 Å². The maximum absolute atomic E-state index is 12.0. The Bertz CT molecular complexity index is 873. The number of rotatable bonds is 8. The first-order valence-electron chi connectivity index (χ1n) is 9.06. The minimum absolute atomic E-state index is 0.0958. The minimum Gasteiger partial charge on any atom is -0.489 e. The molecule has 3 aromatic rings. The molecule has 0 radical (unpaired) electrons. The van der Waals surface area contributed by atoms with E-state index in [1.165, 1.54) is 5.56 Å². The van der Waals surface area contributed by atoms with Gasteiger partial charge in [-0.15, -0.1) is 0 Å². The normalized spacial score (nSPS) is 10.7. The summed E-state index contributed by atoms with van der Waals surface area (Å²) < 4.78 is 5.82. The Morgan fingerprint density at radius 1 is 0.852 bits per heavy atom. The highest BCUT2D eigenvalue weighted by atomic mass is 16.5. The van der Waals surface area contributed by atoms with Crippen molar-refractivity contribution in [2.45, 2.75) is 13.0 Å². The summed E-state index contributed by atoms with van der Waals surface area (Å²) in [5.74, 6) is 0.687. The predicted octanol–water partition coefficient (Wildman–Crippen LogP) is 4.64. The van der Waals surface area contributed by atoms with Crippen LogP contribution in [0.5, 0.6) is 5.75 Å². The third-order valence-electron chi connectivity index (χ3n) is 4.09. The molecule has 0 atom stereocenters. The molecule has 136 valence electrons. The largest absolute Gasteiger partial charge is 0.489 e. The van der Waals surface area contributed by atoms with E-state index in [1.54, 1.807) is 12.2 Å². The Labute approximate surface area is 160 Å². The highest BCUT2D eigenvalue weighted by molar-refractivity contribution is 5.91. The van der Waals surface area contributed by atoms with Gasteiger partial charge in [0.2, 0.25) is 5.91 Å². The molecular weight excluding hydrogens is 334 g/mol. The predicted molar refractivity (Wildman–Crippen MR) is 109 cm³/mol. The number of ether oxygens (including phenoxy) is 1. The molecule has 0 aliphatic rings. The van der Waals surface area contributed by atoms with Crippen molar-refractivity contribution in [3.8, 4) is 5.75 Å². The lowest BCUT2D eigenvalue weighted by Gasteiger charge is -2.07. The number of amides is 1. The third-order valence-corrected chi connectivity index (χ3v) is 4.09. The average Bonchev–Trinajstić information content (AvgIpc) is 2.73. The number of hydrogen-bond donors (Lipinski definition) is 1. The first-order valence-corrected chi connectivity index (χ1v) is 9.06. The van der Waals surface area contributed by atoms with Gasteiger partial charge in [0.1, 0.15) is 12.4 Å². The molecule has 0 aliphatic heterocycles. The molecule has 0 fully saturated rings. The second kappa shape index (κ2) is 9.97. The Morgan fingerprint density at radius 2 is 1.56 bits per heavy atom. The molecule has 3 nitrogen and oxygen atoms in total. The minimum atomic E-state index is -0.0958. The summed E-state index contributed by atoms with van der Waals surface area (Å²) in [5.41, 5.74) is 3.26. The van der Waals surface area contributed by atoms with Crippen LogP contribution in [-0.4, -0.2) is 12.5 Å². The van der Waals surface area contributed by atoms with E-state index in [0.717, 1.165) is 23.3 Å². The van der Waals surface area contributed by atoms with E-state index in [4.69, 9.17) is 4.74 Å². The highest BCUT2D eigenvalue weighted by Crippen LogP contribution is 2.16. The van der Waals surface area contributed by atoms with E-state index in [9.17, 15) is 4.79 Å². The summed E-state index contributed by atoms with van der Waals surface area (Å²) in [6, 6.07) is 27.9. The number of hydrogen-bond acceptors (Lipinski definition) is 2. The van der Waals surface area contributed by atoms with Gasteiger partial charge in [-0.05, 0) is 41.3 Å². The molecule has 0 heterocycles. The summed E-state index contributed by atoms with van der Waals surface area (Å²) in [6.45, 7) is 1.14. The molecule has 0 spiro atoms. The molecule has 0 saturated carbocycles. The molecule has 0 saturated heterocycles. The van der Waals surface area contributed by atoms with Crippen LogP contribution in [0.1, 0.15) is 16.7 Å². The third kappa shape index (κ3) is 6.48. The van der Waals surface area contributed by atoms with E-state index in [2.05, 4.69) is 17.4 Å². The van der Waals surface area contributed by atoms with Crippen molar-refractivity contribution in [2.24, 2.45) is 0 Å². The van der Waals surface area contributed by atoms with Gasteiger partial charge in [0.25, 0.3) is 0 Å². The standard InChI is InChI=1S/C24H23NO2/c26-24(25-17-16-20-8-3-1-4-9-20)15-14-21-12-7-13-23(18-21)27-19-22-10-5-2-6-11-22/h1-15,18H,16-17,19H2,(H,25,26)/b15-14+. The SMILES string of the molecule is O=C(/C=C/c1cccc(OCc2ccccc2)c1)NCCc1ccccc1. The van der Waals surface area contributed by atoms with Gasteiger partial charge in [0, 0.05) is 12.6 Å². The number of carbonyl (C=O) groups is 1. The lowest BCUT2D eigenvalue weighted by atomic mass is 10.1. The zero-order chi connectivity index (χ0) is 18.7. The lowest BCUT2D eigenvalue weighted by molar-refractivity contribution is -0.116. The van der Waals surface area contributed by atoms with Gasteiger partial charge in [0.05, 0.1) is 0 Å². The quantitative estimate of drug-likeness (QED) is 0.597. The molecule has 27 heavy (non-hydrogen) atoms. The highest BCUT2D eigenvalue weighted by Gasteiger charge is 1.99. The molecule has 0 aliphatic carbocycles. The number of nitrogens with one attached hydrogen (secondary N) is 1. The van der Waals surface area contributed by atoms with Gasteiger partial charge in [-0.3, -0.25) is 4.79 Å². The maximum atomic E-state index is 12.0. The van der Waals surface area contributed by atoms with Crippen LogP contribution in [0.4, 0.5) is 0 Å². The maximum Gasteiger partial charge on any atom is 0.244 e. The van der Waals surface area contributed by atoms with Crippen molar-refractivity contribution in [3.63, 3.8) is 0 Å². The van der Waals surface area contributed by atoms with Crippen LogP contribution in [-0.2, 0) is 17.8 Å². The zero-order valence-corrected chi connectivity index (χ0v) is 15.2. The van der Waals surface area contributed by atoms with E-state index in [-0.39, 0.29) is 5.91 Å². The molecular formula is C24H23NO2. The fourth-order valence-electron chi connectivity index (χ4n) is 2.65. The van der Waals surface area contributed by atoms with Crippen LogP contribution in [0, 0.1) is 0 Å². The molecule has 1 amide bonds. The molecule has 3 rings (SSSR count). The smallest absolute Gasteiger partial charge is 0.244 e. The lowest BCUT2D eigenvalue weighted by Crippen LogP contribution is -2.23. The van der Waals surface area contributed by atoms with Gasteiger partial charge in [-0.1, -0.05) is 72.8 Å². The van der Waals surface area contributed by atoms with Crippen molar-refractivity contribution < 1.29 is 9.53 Å². The summed E-state index contributed by atoms with van der Waals surface area (Å²) >= 11 is 0. The van der Waals surface area contributed by atoms with Crippen LogP contribution >= 0.6 is 0 Å². The Hall–Kier alpha value is -3.33. The van der Waals surface area contributed by atoms with Gasteiger partial charge in [0.15, 0.2) is 0 Å². The summed E-state index contributed by atoms with van der Waals surface area (Å²) in [6.07, 6.45) is 4.18. The second-order valence-corrected chi connectivity index (χ2v) is 6.21. The molecule has 3 aromatic carbocycles. The van der Waals surface area contributed by atoms with Crippen molar-refractivity contribution in [3.05, 3.63) is 108 Å². The molecule has 0 bridgehead atoms. The first kappa shape index (κ1) is 18.5. The topological polar surface area (TPSA) is 38.3 Å². The van der Waals surface area contributed by atoms with E-state index < -0.39 is 0 Å². The van der Waals surface area contributed by atoms with Crippen LogP contribution in [0.15, 0.2) is 91.0 Å². The second-order valence-electron chi connectivity index (χ2n) is 6.21. The first-order chi connectivity index (χ1) is 13.3. The Morgan fingerprint density at radius 3 is 2.30 bits per heavy atom. The fraction of sp³-hybridized carbons (Fsp3) is 0.125. The van der Waals surface area contributed by atoms with Crippen LogP contribution in [0.25, 0.3) is 6.08 Å². The Balaban J connectivity index is 1.47. The Kier molecular flexibility index (Phi) is 6.82. The summed E-state index contributed by atoms with van der Waals surface area (Å²) in [5, 5.41) is 2.91. The summed E-state index contributed by atoms with van der Waals surface area (Å²) in [4.78, 5) is 12.0. The van der Waals surface area contributed by atoms with E-state index >= 15 is 0 Å². The van der Waals surface area contributed by atoms with Crippen molar-refractivity contribution in [1.82, 2.24) is 5.32 Å². The van der Waals surface area contributed by atoms with Crippen LogP contribution < -0.4 is 10.1 Å². The van der Waals surface area contributed by atoms with Crippen molar-refractivity contribution >= 4 is 12.0 Å². The van der Waals surface area contributed by atoms with E-state index in [0.29, 0.717) is 13.2 Å². The molecule has 0 unspecified atom stereocenters. The monoisotopic (exact) mass is 357 g/mol. The van der Waals surface area contributed by atoms with Gasteiger partial charge in [-0.2, -0.15) is 0 Å². The number of carbonyl (C=O) groups excluding carboxylic acids is 1. The van der Waals surface area contributed by atoms with Crippen molar-refractivity contribution in [2.75, 3.05) is 6.54 Å². The average molecular weight is 357 g/mol. The molecule has 3 heteroatoms. The van der Waals surface area contributed by atoms with Gasteiger partial charge in [-0.25, -0.2) is 0 Å². The van der Waals surface area contributed by atoms with E-state index in [1.807, 2.05) is 72.8 Å². The molecule has 1 N–H and O–H groups in total. The molecule has 0 aromatic heterocycles. The zero-order valence-electron chi connectivity index (χ0n) is 15.2. The van der Waals surface area contributed by atoms with Crippen LogP contribution in [0.2, 0.25) is 0 Å². The fourth-order valence-corrected chi connectivity index (χ4v) is 2.65.